The second-order valence-corrected chi connectivity index (χ2v) is 7.26. The number of esters is 2. The van der Waals surface area contributed by atoms with Crippen molar-refractivity contribution in [1.29, 1.82) is 0 Å². The molecule has 0 aliphatic carbocycles. The smallest absolute Gasteiger partial charge is 0.305 e. The van der Waals surface area contributed by atoms with Gasteiger partial charge in [-0.3, -0.25) is 9.59 Å². The lowest BCUT2D eigenvalue weighted by atomic mass is 10.1. The molecule has 2 aliphatic heterocycles. The van der Waals surface area contributed by atoms with Crippen LogP contribution in [0.4, 0.5) is 0 Å². The van der Waals surface area contributed by atoms with Gasteiger partial charge in [0, 0.05) is 20.0 Å². The maximum absolute atomic E-state index is 11.5. The van der Waals surface area contributed by atoms with E-state index in [4.69, 9.17) is 28.4 Å². The van der Waals surface area contributed by atoms with Crippen molar-refractivity contribution in [2.75, 3.05) is 20.3 Å². The Kier molecular flexibility index (Phi) is 9.88. The van der Waals surface area contributed by atoms with Crippen LogP contribution in [0, 0.1) is 0 Å². The predicted molar refractivity (Wildman–Crippen MR) is 99.0 cm³/mol. The Labute approximate surface area is 175 Å². The highest BCUT2D eigenvalue weighted by Gasteiger charge is 2.51. The summed E-state index contributed by atoms with van der Waals surface area (Å²) in [5.41, 5.74) is 0. The average Bonchev–Trinajstić information content (AvgIpc) is 3.16. The highest BCUT2D eigenvalue weighted by Crippen LogP contribution is 2.30. The molecule has 0 radical (unpaired) electrons. The normalized spacial score (nSPS) is 36.1. The summed E-state index contributed by atoms with van der Waals surface area (Å²) in [6, 6.07) is 0. The van der Waals surface area contributed by atoms with Crippen molar-refractivity contribution in [3.8, 4) is 0 Å². The predicted octanol–water partition coefficient (Wildman–Crippen LogP) is -0.763. The molecule has 0 aromatic rings. The molecule has 0 bridgehead atoms. The van der Waals surface area contributed by atoms with E-state index in [0.29, 0.717) is 12.8 Å². The minimum atomic E-state index is -1.44. The Morgan fingerprint density at radius 3 is 1.80 bits per heavy atom. The van der Waals surface area contributed by atoms with Crippen LogP contribution < -0.4 is 0 Å². The lowest BCUT2D eigenvalue weighted by Gasteiger charge is -2.25. The minimum Gasteiger partial charge on any atom is -0.463 e. The Hall–Kier alpha value is -1.34. The van der Waals surface area contributed by atoms with Crippen LogP contribution in [0.2, 0.25) is 0 Å². The zero-order chi connectivity index (χ0) is 22.3. The van der Waals surface area contributed by atoms with Crippen molar-refractivity contribution in [2.45, 2.75) is 88.7 Å². The lowest BCUT2D eigenvalue weighted by Crippen LogP contribution is -2.43. The Morgan fingerprint density at radius 2 is 1.30 bits per heavy atom. The summed E-state index contributed by atoms with van der Waals surface area (Å²) in [6.07, 6.45) is -7.56. The van der Waals surface area contributed by atoms with Gasteiger partial charge in [-0.15, -0.1) is 0 Å². The summed E-state index contributed by atoms with van der Waals surface area (Å²) >= 11 is 0. The summed E-state index contributed by atoms with van der Waals surface area (Å²) in [6.45, 7) is 3.23. The van der Waals surface area contributed by atoms with E-state index in [2.05, 4.69) is 0 Å². The molecule has 3 N–H and O–H groups in total. The van der Waals surface area contributed by atoms with Crippen LogP contribution in [0.15, 0.2) is 0 Å². The zero-order valence-electron chi connectivity index (χ0n) is 17.5. The quantitative estimate of drug-likeness (QED) is 0.351. The minimum absolute atomic E-state index is 0.188. The molecule has 0 spiro atoms. The van der Waals surface area contributed by atoms with Gasteiger partial charge in [-0.05, 0) is 12.8 Å². The van der Waals surface area contributed by atoms with Crippen molar-refractivity contribution >= 4 is 11.9 Å². The first kappa shape index (κ1) is 24.9. The fourth-order valence-corrected chi connectivity index (χ4v) is 3.20. The first-order chi connectivity index (χ1) is 14.3. The van der Waals surface area contributed by atoms with Gasteiger partial charge < -0.3 is 43.7 Å². The molecule has 2 aliphatic rings. The van der Waals surface area contributed by atoms with Crippen molar-refractivity contribution in [3.05, 3.63) is 0 Å². The van der Waals surface area contributed by atoms with Gasteiger partial charge in [0.2, 0.25) is 0 Å². The lowest BCUT2D eigenvalue weighted by molar-refractivity contribution is -0.242. The molecule has 0 aromatic carbocycles. The number of ether oxygens (including phenoxy) is 6. The van der Waals surface area contributed by atoms with E-state index in [1.54, 1.807) is 0 Å². The van der Waals surface area contributed by atoms with Gasteiger partial charge in [0.25, 0.3) is 0 Å². The van der Waals surface area contributed by atoms with Crippen LogP contribution in [-0.2, 0) is 38.0 Å². The molecule has 11 heteroatoms. The molecule has 30 heavy (non-hydrogen) atoms. The Bertz CT molecular complexity index is 557. The van der Waals surface area contributed by atoms with Gasteiger partial charge in [-0.1, -0.05) is 13.8 Å². The Balaban J connectivity index is 1.91. The zero-order valence-corrected chi connectivity index (χ0v) is 17.5. The van der Waals surface area contributed by atoms with E-state index >= 15 is 0 Å². The number of aliphatic hydroxyl groups is 3. The van der Waals surface area contributed by atoms with Gasteiger partial charge in [0.05, 0.1) is 0 Å². The first-order valence-corrected chi connectivity index (χ1v) is 10.2. The molecule has 0 saturated carbocycles. The fourth-order valence-electron chi connectivity index (χ4n) is 3.20. The molecule has 8 atom stereocenters. The maximum atomic E-state index is 11.5. The molecule has 174 valence electrons. The van der Waals surface area contributed by atoms with Crippen LogP contribution in [0.1, 0.15) is 39.5 Å². The molecule has 2 fully saturated rings. The first-order valence-electron chi connectivity index (χ1n) is 10.2. The molecular weight excluding hydrogens is 404 g/mol. The van der Waals surface area contributed by atoms with Crippen LogP contribution in [0.25, 0.3) is 0 Å². The van der Waals surface area contributed by atoms with E-state index in [1.165, 1.54) is 7.11 Å². The van der Waals surface area contributed by atoms with Crippen LogP contribution in [0.5, 0.6) is 0 Å². The largest absolute Gasteiger partial charge is 0.463 e. The standard InChI is InChI=1S/C19H32O11/c1-4-6-12(20)26-8-10-14(22)16(24)18(28-10)30-17-15(23)11(29-19(17)25-3)9-27-13(21)7-5-2/h10-11,14-19,22-24H,4-9H2,1-3H3/t10-,11-,14-,15-,16+,17+,18+,19+/m1/s1. The highest BCUT2D eigenvalue weighted by molar-refractivity contribution is 5.69. The summed E-state index contributed by atoms with van der Waals surface area (Å²) in [7, 11) is 1.34. The van der Waals surface area contributed by atoms with E-state index in [0.717, 1.165) is 0 Å². The number of rotatable bonds is 11. The molecule has 2 saturated heterocycles. The average molecular weight is 436 g/mol. The number of carbonyl (C=O) groups excluding carboxylic acids is 2. The second kappa shape index (κ2) is 11.9. The molecule has 2 rings (SSSR count). The number of carbonyl (C=O) groups is 2. The number of methoxy groups -OCH3 is 1. The van der Waals surface area contributed by atoms with Gasteiger partial charge in [0.1, 0.15) is 49.8 Å². The number of hydrogen-bond acceptors (Lipinski definition) is 11. The van der Waals surface area contributed by atoms with E-state index in [9.17, 15) is 24.9 Å². The third kappa shape index (κ3) is 6.33. The summed E-state index contributed by atoms with van der Waals surface area (Å²) in [5.74, 6) is -0.851. The maximum Gasteiger partial charge on any atom is 0.305 e. The summed E-state index contributed by atoms with van der Waals surface area (Å²) in [4.78, 5) is 23.0. The number of hydrogen-bond donors (Lipinski definition) is 3. The van der Waals surface area contributed by atoms with E-state index in [1.807, 2.05) is 13.8 Å². The topological polar surface area (TPSA) is 150 Å². The fraction of sp³-hybridized carbons (Fsp3) is 0.895. The summed E-state index contributed by atoms with van der Waals surface area (Å²) < 4.78 is 31.9. The van der Waals surface area contributed by atoms with Crippen LogP contribution >= 0.6 is 0 Å². The molecule has 0 aromatic heterocycles. The summed E-state index contributed by atoms with van der Waals surface area (Å²) in [5, 5.41) is 30.9. The number of aliphatic hydroxyl groups excluding tert-OH is 3. The van der Waals surface area contributed by atoms with Crippen molar-refractivity contribution in [2.24, 2.45) is 0 Å². The second-order valence-electron chi connectivity index (χ2n) is 7.26. The van der Waals surface area contributed by atoms with Crippen molar-refractivity contribution < 1.29 is 53.3 Å². The molecule has 0 unspecified atom stereocenters. The molecule has 2 heterocycles. The van der Waals surface area contributed by atoms with Crippen LogP contribution in [0.3, 0.4) is 0 Å². The van der Waals surface area contributed by atoms with Gasteiger partial charge in [0.15, 0.2) is 12.6 Å². The molecular formula is C19H32O11. The van der Waals surface area contributed by atoms with Crippen molar-refractivity contribution in [1.82, 2.24) is 0 Å². The highest BCUT2D eigenvalue weighted by atomic mass is 16.8. The van der Waals surface area contributed by atoms with Crippen LogP contribution in [-0.4, -0.2) is 96.8 Å². The van der Waals surface area contributed by atoms with Gasteiger partial charge >= 0.3 is 11.9 Å². The van der Waals surface area contributed by atoms with Crippen molar-refractivity contribution in [3.63, 3.8) is 0 Å². The SMILES string of the molecule is CCCC(=O)OC[C@H]1O[C@@H](O[C@@H]2[C@@H](OC)O[C@H](COC(=O)CCC)[C@H]2O)[C@@H](O)[C@@H]1O. The third-order valence-electron chi connectivity index (χ3n) is 4.86. The Morgan fingerprint density at radius 1 is 0.800 bits per heavy atom. The van der Waals surface area contributed by atoms with E-state index < -0.39 is 61.1 Å². The monoisotopic (exact) mass is 436 g/mol. The molecule has 0 amide bonds. The van der Waals surface area contributed by atoms with E-state index in [-0.39, 0.29) is 26.1 Å². The third-order valence-corrected chi connectivity index (χ3v) is 4.86. The van der Waals surface area contributed by atoms with Gasteiger partial charge in [-0.25, -0.2) is 0 Å². The van der Waals surface area contributed by atoms with Gasteiger partial charge in [-0.2, -0.15) is 0 Å². The molecule has 11 nitrogen and oxygen atoms in total.